The number of nitrogens with zero attached hydrogens (tertiary/aromatic N) is 2. The SMILES string of the molecule is Cc1cc(NCc2cc(F)cc(F)c2)nc(N)n1. The Hall–Kier alpha value is -2.24. The first-order valence-corrected chi connectivity index (χ1v) is 5.33. The van der Waals surface area contributed by atoms with Gasteiger partial charge in [-0.15, -0.1) is 0 Å². The third-order valence-corrected chi connectivity index (χ3v) is 2.27. The third-order valence-electron chi connectivity index (χ3n) is 2.27. The highest BCUT2D eigenvalue weighted by molar-refractivity contribution is 5.40. The minimum Gasteiger partial charge on any atom is -0.368 e. The number of aromatic nitrogens is 2. The van der Waals surface area contributed by atoms with Crippen LogP contribution in [0.2, 0.25) is 0 Å². The van der Waals surface area contributed by atoms with E-state index in [2.05, 4.69) is 15.3 Å². The Morgan fingerprint density at radius 1 is 1.11 bits per heavy atom. The maximum Gasteiger partial charge on any atom is 0.222 e. The van der Waals surface area contributed by atoms with Crippen LogP contribution in [0.5, 0.6) is 0 Å². The van der Waals surface area contributed by atoms with E-state index in [1.54, 1.807) is 13.0 Å². The van der Waals surface area contributed by atoms with Crippen molar-refractivity contribution >= 4 is 11.8 Å². The molecule has 0 radical (unpaired) electrons. The average molecular weight is 250 g/mol. The van der Waals surface area contributed by atoms with Gasteiger partial charge in [-0.25, -0.2) is 13.8 Å². The van der Waals surface area contributed by atoms with Crippen molar-refractivity contribution in [3.05, 3.63) is 47.2 Å². The summed E-state index contributed by atoms with van der Waals surface area (Å²) in [6, 6.07) is 5.04. The Morgan fingerprint density at radius 2 is 1.78 bits per heavy atom. The highest BCUT2D eigenvalue weighted by Gasteiger charge is 2.02. The molecule has 0 saturated heterocycles. The molecule has 94 valence electrons. The Kier molecular flexibility index (Phi) is 3.36. The average Bonchev–Trinajstić information content (AvgIpc) is 2.23. The highest BCUT2D eigenvalue weighted by atomic mass is 19.1. The molecule has 0 saturated carbocycles. The lowest BCUT2D eigenvalue weighted by Gasteiger charge is -2.07. The molecule has 3 N–H and O–H groups in total. The second-order valence-corrected chi connectivity index (χ2v) is 3.88. The van der Waals surface area contributed by atoms with Gasteiger partial charge in [0.05, 0.1) is 0 Å². The molecule has 4 nitrogen and oxygen atoms in total. The Labute approximate surface area is 103 Å². The number of benzene rings is 1. The minimum absolute atomic E-state index is 0.155. The molecule has 0 spiro atoms. The lowest BCUT2D eigenvalue weighted by molar-refractivity contribution is 0.580. The van der Waals surface area contributed by atoms with Gasteiger partial charge < -0.3 is 11.1 Å². The van der Waals surface area contributed by atoms with Crippen LogP contribution in [0.1, 0.15) is 11.3 Å². The lowest BCUT2D eigenvalue weighted by atomic mass is 10.2. The zero-order chi connectivity index (χ0) is 13.1. The predicted octanol–water partition coefficient (Wildman–Crippen LogP) is 2.26. The molecule has 2 rings (SSSR count). The zero-order valence-corrected chi connectivity index (χ0v) is 9.74. The first-order valence-electron chi connectivity index (χ1n) is 5.33. The number of rotatable bonds is 3. The summed E-state index contributed by atoms with van der Waals surface area (Å²) < 4.78 is 25.9. The van der Waals surface area contributed by atoms with Gasteiger partial charge >= 0.3 is 0 Å². The molecule has 0 aliphatic heterocycles. The molecular weight excluding hydrogens is 238 g/mol. The summed E-state index contributed by atoms with van der Waals surface area (Å²) >= 11 is 0. The molecule has 1 heterocycles. The summed E-state index contributed by atoms with van der Waals surface area (Å²) in [5.74, 6) is -0.539. The van der Waals surface area contributed by atoms with Crippen molar-refractivity contribution in [1.29, 1.82) is 0 Å². The molecule has 18 heavy (non-hydrogen) atoms. The number of aryl methyl sites for hydroxylation is 1. The molecule has 0 atom stereocenters. The third kappa shape index (κ3) is 3.13. The number of nitrogen functional groups attached to an aromatic ring is 1. The fraction of sp³-hybridized carbons (Fsp3) is 0.167. The molecule has 0 unspecified atom stereocenters. The second-order valence-electron chi connectivity index (χ2n) is 3.88. The first-order chi connectivity index (χ1) is 8.52. The van der Waals surface area contributed by atoms with Gasteiger partial charge in [-0.2, -0.15) is 4.98 Å². The summed E-state index contributed by atoms with van der Waals surface area (Å²) in [4.78, 5) is 7.89. The monoisotopic (exact) mass is 250 g/mol. The standard InChI is InChI=1S/C12H12F2N4/c1-7-2-11(18-12(15)17-7)16-6-8-3-9(13)5-10(14)4-8/h2-5H,6H2,1H3,(H3,15,16,17,18). The largest absolute Gasteiger partial charge is 0.368 e. The van der Waals surface area contributed by atoms with Crippen molar-refractivity contribution in [3.63, 3.8) is 0 Å². The summed E-state index contributed by atoms with van der Waals surface area (Å²) in [5.41, 5.74) is 6.70. The minimum atomic E-state index is -0.606. The van der Waals surface area contributed by atoms with Crippen LogP contribution >= 0.6 is 0 Å². The smallest absolute Gasteiger partial charge is 0.222 e. The van der Waals surface area contributed by atoms with Gasteiger partial charge in [-0.05, 0) is 24.6 Å². The second kappa shape index (κ2) is 4.95. The van der Waals surface area contributed by atoms with Gasteiger partial charge in [0.25, 0.3) is 0 Å². The number of anilines is 2. The van der Waals surface area contributed by atoms with E-state index in [1.807, 2.05) is 0 Å². The van der Waals surface area contributed by atoms with E-state index >= 15 is 0 Å². The predicted molar refractivity (Wildman–Crippen MR) is 64.9 cm³/mol. The number of hydrogen-bond donors (Lipinski definition) is 2. The summed E-state index contributed by atoms with van der Waals surface area (Å²) in [6.45, 7) is 2.04. The summed E-state index contributed by atoms with van der Waals surface area (Å²) in [5, 5.41) is 2.93. The van der Waals surface area contributed by atoms with Crippen molar-refractivity contribution in [2.75, 3.05) is 11.1 Å². The quantitative estimate of drug-likeness (QED) is 0.877. The van der Waals surface area contributed by atoms with Crippen molar-refractivity contribution in [2.24, 2.45) is 0 Å². The van der Waals surface area contributed by atoms with Crippen LogP contribution in [0, 0.1) is 18.6 Å². The van der Waals surface area contributed by atoms with Crippen LogP contribution in [0.15, 0.2) is 24.3 Å². The van der Waals surface area contributed by atoms with Crippen LogP contribution in [0.3, 0.4) is 0 Å². The topological polar surface area (TPSA) is 63.8 Å². The number of halogens is 2. The van der Waals surface area contributed by atoms with E-state index in [-0.39, 0.29) is 12.5 Å². The molecule has 1 aromatic carbocycles. The van der Waals surface area contributed by atoms with Crippen molar-refractivity contribution in [1.82, 2.24) is 9.97 Å². The van der Waals surface area contributed by atoms with Crippen molar-refractivity contribution in [2.45, 2.75) is 13.5 Å². The van der Waals surface area contributed by atoms with Crippen LogP contribution in [-0.2, 0) is 6.54 Å². The van der Waals surface area contributed by atoms with E-state index in [4.69, 9.17) is 5.73 Å². The number of hydrogen-bond acceptors (Lipinski definition) is 4. The van der Waals surface area contributed by atoms with Gasteiger partial charge in [0, 0.05) is 24.4 Å². The highest BCUT2D eigenvalue weighted by Crippen LogP contribution is 2.12. The Balaban J connectivity index is 2.11. The lowest BCUT2D eigenvalue weighted by Crippen LogP contribution is -2.05. The molecule has 0 amide bonds. The van der Waals surface area contributed by atoms with Gasteiger partial charge in [0.15, 0.2) is 0 Å². The van der Waals surface area contributed by atoms with Gasteiger partial charge in [0.2, 0.25) is 5.95 Å². The van der Waals surface area contributed by atoms with Crippen LogP contribution in [0.4, 0.5) is 20.5 Å². The number of nitrogens with one attached hydrogen (secondary N) is 1. The van der Waals surface area contributed by atoms with Crippen LogP contribution in [-0.4, -0.2) is 9.97 Å². The molecule has 0 fully saturated rings. The normalized spacial score (nSPS) is 10.4. The van der Waals surface area contributed by atoms with Crippen molar-refractivity contribution < 1.29 is 8.78 Å². The van der Waals surface area contributed by atoms with Gasteiger partial charge in [-0.1, -0.05) is 0 Å². The van der Waals surface area contributed by atoms with E-state index in [0.717, 1.165) is 11.8 Å². The maximum atomic E-state index is 13.0. The molecule has 6 heteroatoms. The molecule has 0 aliphatic rings. The molecular formula is C12H12F2N4. The van der Waals surface area contributed by atoms with Crippen LogP contribution in [0.25, 0.3) is 0 Å². The zero-order valence-electron chi connectivity index (χ0n) is 9.74. The number of nitrogens with two attached hydrogens (primary N) is 1. The molecule has 0 bridgehead atoms. The molecule has 2 aromatic rings. The molecule has 1 aromatic heterocycles. The van der Waals surface area contributed by atoms with Gasteiger partial charge in [0.1, 0.15) is 17.5 Å². The fourth-order valence-corrected chi connectivity index (χ4v) is 1.59. The van der Waals surface area contributed by atoms with Crippen LogP contribution < -0.4 is 11.1 Å². The van der Waals surface area contributed by atoms with Gasteiger partial charge in [-0.3, -0.25) is 0 Å². The Morgan fingerprint density at radius 3 is 2.39 bits per heavy atom. The first kappa shape index (κ1) is 12.2. The van der Waals surface area contributed by atoms with E-state index < -0.39 is 11.6 Å². The molecule has 0 aliphatic carbocycles. The van der Waals surface area contributed by atoms with E-state index in [1.165, 1.54) is 12.1 Å². The summed E-state index contributed by atoms with van der Waals surface area (Å²) in [6.07, 6.45) is 0. The maximum absolute atomic E-state index is 13.0. The summed E-state index contributed by atoms with van der Waals surface area (Å²) in [7, 11) is 0. The Bertz CT molecular complexity index is 480. The van der Waals surface area contributed by atoms with E-state index in [9.17, 15) is 8.78 Å². The van der Waals surface area contributed by atoms with E-state index in [0.29, 0.717) is 11.4 Å². The van der Waals surface area contributed by atoms with Crippen molar-refractivity contribution in [3.8, 4) is 0 Å². The fourth-order valence-electron chi connectivity index (χ4n) is 1.59.